The fourth-order valence-corrected chi connectivity index (χ4v) is 13.5. The van der Waals surface area contributed by atoms with Gasteiger partial charge in [0.25, 0.3) is 0 Å². The van der Waals surface area contributed by atoms with Gasteiger partial charge in [-0.05, 0) is 128 Å². The Labute approximate surface area is 555 Å². The summed E-state index contributed by atoms with van der Waals surface area (Å²) in [5.74, 6) is 0. The van der Waals surface area contributed by atoms with Gasteiger partial charge in [-0.25, -0.2) is 0 Å². The molecule has 0 aliphatic heterocycles. The molecule has 0 aromatic heterocycles. The second-order valence-corrected chi connectivity index (χ2v) is 34.0. The summed E-state index contributed by atoms with van der Waals surface area (Å²) in [7, 11) is 0. The summed E-state index contributed by atoms with van der Waals surface area (Å²) >= 11 is 21.7. The van der Waals surface area contributed by atoms with Crippen molar-refractivity contribution in [3.05, 3.63) is 48.6 Å². The average molecular weight is 1330 g/mol. The predicted molar refractivity (Wildman–Crippen MR) is 385 cm³/mol. The Hall–Kier alpha value is 1.42. The monoisotopic (exact) mass is 1320 g/mol. The minimum absolute atomic E-state index is 0. The van der Waals surface area contributed by atoms with Crippen molar-refractivity contribution in [2.24, 2.45) is 0 Å². The van der Waals surface area contributed by atoms with Gasteiger partial charge in [-0.1, -0.05) is 331 Å². The molecule has 0 rings (SSSR count). The van der Waals surface area contributed by atoms with Crippen LogP contribution in [0.5, 0.6) is 0 Å². The molecule has 0 saturated carbocycles. The number of allylic oxidation sites excluding steroid dienone is 8. The Bertz CT molecular complexity index is 1230. The van der Waals surface area contributed by atoms with Crippen LogP contribution in [0.2, 0.25) is 0 Å². The standard InChI is InChI=1S/2C36H71O2PS2.Zn/c2*1-3-5-7-9-11-13-15-17-19-21-23-25-27-29-31-33-35-37-39(40,41)38-36-34-32-30-28-26-24-22-20-18-16-14-12-10-8-6-4-2;/h2*17-20H,3-16,21-36H2,1-2H3,(H,40,41);/q;;+2/p-2/b2*19-17-,20-18-;. The number of rotatable bonds is 68. The fraction of sp³-hybridized carbons (Fsp3) is 0.889. The Balaban J connectivity index is -0.00000152. The zero-order valence-electron chi connectivity index (χ0n) is 55.9. The first-order valence-electron chi connectivity index (χ1n) is 36.0. The van der Waals surface area contributed by atoms with E-state index in [2.05, 4.69) is 76.3 Å². The third kappa shape index (κ3) is 83.4. The van der Waals surface area contributed by atoms with E-state index in [0.717, 1.165) is 25.7 Å². The van der Waals surface area contributed by atoms with Crippen molar-refractivity contribution in [2.75, 3.05) is 26.4 Å². The molecule has 83 heavy (non-hydrogen) atoms. The second kappa shape index (κ2) is 77.7. The molecule has 0 heterocycles. The molecule has 0 aromatic carbocycles. The molecule has 0 N–H and O–H groups in total. The fourth-order valence-electron chi connectivity index (χ4n) is 10.2. The van der Waals surface area contributed by atoms with Crippen molar-refractivity contribution in [3.63, 3.8) is 0 Å². The van der Waals surface area contributed by atoms with Gasteiger partial charge in [0.05, 0.1) is 37.8 Å². The Kier molecular flexibility index (Phi) is 82.9. The minimum atomic E-state index is -2.47. The largest absolute Gasteiger partial charge is 2.00 e. The van der Waals surface area contributed by atoms with Gasteiger partial charge in [-0.3, -0.25) is 0 Å². The maximum atomic E-state index is 5.78. The van der Waals surface area contributed by atoms with Crippen molar-refractivity contribution in [2.45, 2.75) is 387 Å². The molecule has 0 aliphatic carbocycles. The molecule has 0 unspecified atom stereocenters. The van der Waals surface area contributed by atoms with Gasteiger partial charge in [0.15, 0.2) is 0 Å². The van der Waals surface area contributed by atoms with Crippen LogP contribution in [0.25, 0.3) is 0 Å². The van der Waals surface area contributed by atoms with Crippen LogP contribution >= 0.6 is 11.4 Å². The molecule has 0 radical (unpaired) electrons. The molecule has 4 nitrogen and oxygen atoms in total. The van der Waals surface area contributed by atoms with Crippen LogP contribution in [0, 0.1) is 0 Å². The Morgan fingerprint density at radius 2 is 0.337 bits per heavy atom. The van der Waals surface area contributed by atoms with Crippen molar-refractivity contribution in [1.29, 1.82) is 0 Å². The summed E-state index contributed by atoms with van der Waals surface area (Å²) in [6, 6.07) is 0. The maximum absolute atomic E-state index is 5.78. The van der Waals surface area contributed by atoms with E-state index in [0.29, 0.717) is 26.4 Å². The number of unbranched alkanes of at least 4 members (excludes halogenated alkanes) is 48. The maximum Gasteiger partial charge on any atom is 2.00 e. The number of hydrogen-bond acceptors (Lipinski definition) is 8. The molecule has 0 aromatic rings. The van der Waals surface area contributed by atoms with Gasteiger partial charge in [-0.15, -0.1) is 0 Å². The van der Waals surface area contributed by atoms with Crippen LogP contribution < -0.4 is 0 Å². The van der Waals surface area contributed by atoms with E-state index in [-0.39, 0.29) is 19.5 Å². The minimum Gasteiger partial charge on any atom is -0.691 e. The van der Waals surface area contributed by atoms with Crippen LogP contribution in [-0.4, -0.2) is 26.4 Å². The van der Waals surface area contributed by atoms with Crippen molar-refractivity contribution >= 4 is 59.5 Å². The van der Waals surface area contributed by atoms with Crippen molar-refractivity contribution in [3.8, 4) is 0 Å². The van der Waals surface area contributed by atoms with Crippen LogP contribution in [0.15, 0.2) is 48.6 Å². The summed E-state index contributed by atoms with van der Waals surface area (Å²) < 4.78 is 23.1. The molecular formula is C72H140O4P2S4Zn. The van der Waals surface area contributed by atoms with E-state index in [1.807, 2.05) is 0 Å². The second-order valence-electron chi connectivity index (χ2n) is 24.0. The first-order valence-corrected chi connectivity index (χ1v) is 43.3. The van der Waals surface area contributed by atoms with Gasteiger partial charge in [0, 0.05) is 0 Å². The Morgan fingerprint density at radius 3 is 0.482 bits per heavy atom. The Morgan fingerprint density at radius 1 is 0.217 bits per heavy atom. The third-order valence-corrected chi connectivity index (χ3v) is 20.1. The van der Waals surface area contributed by atoms with Gasteiger partial charge in [-0.2, -0.15) is 0 Å². The van der Waals surface area contributed by atoms with E-state index < -0.39 is 11.4 Å². The summed E-state index contributed by atoms with van der Waals surface area (Å²) in [4.78, 5) is 0. The topological polar surface area (TPSA) is 36.9 Å². The summed E-state index contributed by atoms with van der Waals surface area (Å²) in [6.07, 6.45) is 92.6. The molecule has 0 aliphatic rings. The SMILES string of the molecule is CCCCCCCC/C=C\CCCCCCCCOP(=S)([S-])OCCCCCCCC/C=C\CCCCCCCC.CCCCCCCC/C=C\CCCCCCCCOP(=S)([S-])OCCCCCCCC/C=C\CCCCCCCC.[Zn+2]. The summed E-state index contributed by atoms with van der Waals surface area (Å²) in [6.45, 7) is 11.8. The molecule has 0 bridgehead atoms. The average Bonchev–Trinajstić information content (AvgIpc) is 3.46. The van der Waals surface area contributed by atoms with Gasteiger partial charge >= 0.3 is 19.5 Å². The smallest absolute Gasteiger partial charge is 0.691 e. The van der Waals surface area contributed by atoms with Gasteiger partial charge < -0.3 is 42.6 Å². The molecule has 0 atom stereocenters. The van der Waals surface area contributed by atoms with Crippen molar-refractivity contribution < 1.29 is 37.6 Å². The normalized spacial score (nSPS) is 12.2. The van der Waals surface area contributed by atoms with Crippen LogP contribution in [0.4, 0.5) is 0 Å². The van der Waals surface area contributed by atoms with E-state index in [4.69, 9.17) is 66.2 Å². The third-order valence-electron chi connectivity index (χ3n) is 15.6. The zero-order valence-corrected chi connectivity index (χ0v) is 63.9. The summed E-state index contributed by atoms with van der Waals surface area (Å²) in [5, 5.41) is 0. The van der Waals surface area contributed by atoms with Crippen molar-refractivity contribution in [1.82, 2.24) is 0 Å². The van der Waals surface area contributed by atoms with Crippen LogP contribution in [0.3, 0.4) is 0 Å². The molecule has 0 spiro atoms. The zero-order chi connectivity index (χ0) is 59.9. The van der Waals surface area contributed by atoms with Crippen LogP contribution in [0.1, 0.15) is 387 Å². The first kappa shape index (κ1) is 88.6. The molecular weight excluding hydrogens is 1180 g/mol. The van der Waals surface area contributed by atoms with Gasteiger partial charge in [0.1, 0.15) is 0 Å². The number of hydrogen-bond donors (Lipinski definition) is 0. The molecule has 0 saturated heterocycles. The summed E-state index contributed by atoms with van der Waals surface area (Å²) in [5.41, 5.74) is -4.94. The molecule has 488 valence electrons. The predicted octanol–water partition coefficient (Wildman–Crippen LogP) is 27.7. The quantitative estimate of drug-likeness (QED) is 0.0196. The van der Waals surface area contributed by atoms with Crippen LogP contribution in [-0.2, 0) is 85.7 Å². The van der Waals surface area contributed by atoms with Gasteiger partial charge in [0.2, 0.25) is 0 Å². The van der Waals surface area contributed by atoms with E-state index >= 15 is 0 Å². The van der Waals surface area contributed by atoms with E-state index in [1.54, 1.807) is 0 Å². The van der Waals surface area contributed by atoms with E-state index in [9.17, 15) is 0 Å². The first-order chi connectivity index (χ1) is 40.2. The molecule has 0 amide bonds. The molecule has 11 heteroatoms. The van der Waals surface area contributed by atoms with E-state index in [1.165, 1.54) is 334 Å². The molecule has 0 fully saturated rings.